The second-order valence-corrected chi connectivity index (χ2v) is 7.72. The summed E-state index contributed by atoms with van der Waals surface area (Å²) in [5.74, 6) is -1.60. The second kappa shape index (κ2) is 8.19. The van der Waals surface area contributed by atoms with Crippen molar-refractivity contribution in [1.29, 1.82) is 0 Å². The average Bonchev–Trinajstić information content (AvgIpc) is 2.89. The summed E-state index contributed by atoms with van der Waals surface area (Å²) in [6.07, 6.45) is 3.31. The highest BCUT2D eigenvalue weighted by Crippen LogP contribution is 2.37. The predicted octanol–water partition coefficient (Wildman–Crippen LogP) is 3.12. The molecule has 2 unspecified atom stereocenters. The van der Waals surface area contributed by atoms with Crippen molar-refractivity contribution < 1.29 is 14.4 Å². The number of halogens is 1. The summed E-state index contributed by atoms with van der Waals surface area (Å²) in [5, 5.41) is 3.04. The summed E-state index contributed by atoms with van der Waals surface area (Å²) >= 11 is 5.71. The van der Waals surface area contributed by atoms with Gasteiger partial charge in [0.1, 0.15) is 11.7 Å². The van der Waals surface area contributed by atoms with Gasteiger partial charge in [-0.15, -0.1) is 0 Å². The number of carbonyl (C=O) groups is 3. The Morgan fingerprint density at radius 2 is 1.75 bits per heavy atom. The van der Waals surface area contributed by atoms with Crippen molar-refractivity contribution in [3.63, 3.8) is 0 Å². The highest BCUT2D eigenvalue weighted by Gasteiger charge is 2.42. The van der Waals surface area contributed by atoms with E-state index in [0.717, 1.165) is 22.3 Å². The third-order valence-electron chi connectivity index (χ3n) is 5.08. The van der Waals surface area contributed by atoms with Crippen molar-refractivity contribution in [2.45, 2.75) is 39.5 Å². The SMILES string of the molecule is Cc1cc(C)c(C2C(=O)CC(CCNC(=O)c3ncc(Cl)cn3)C2=O)c(C)c1. The van der Waals surface area contributed by atoms with Crippen molar-refractivity contribution in [2.75, 3.05) is 6.54 Å². The monoisotopic (exact) mass is 399 g/mol. The van der Waals surface area contributed by atoms with Gasteiger partial charge in [0.05, 0.1) is 5.02 Å². The average molecular weight is 400 g/mol. The molecule has 0 aliphatic heterocycles. The van der Waals surface area contributed by atoms with Gasteiger partial charge in [0.15, 0.2) is 5.78 Å². The summed E-state index contributed by atoms with van der Waals surface area (Å²) in [6.45, 7) is 6.15. The molecule has 1 aromatic heterocycles. The number of nitrogens with one attached hydrogen (secondary N) is 1. The summed E-state index contributed by atoms with van der Waals surface area (Å²) in [6, 6.07) is 4.01. The molecule has 1 amide bonds. The first-order valence-electron chi connectivity index (χ1n) is 9.18. The Kier molecular flexibility index (Phi) is 5.89. The molecule has 1 aliphatic carbocycles. The van der Waals surface area contributed by atoms with E-state index in [0.29, 0.717) is 11.4 Å². The lowest BCUT2D eigenvalue weighted by atomic mass is 9.86. The van der Waals surface area contributed by atoms with Crippen LogP contribution in [0.5, 0.6) is 0 Å². The minimum Gasteiger partial charge on any atom is -0.349 e. The number of ketones is 2. The molecule has 146 valence electrons. The Morgan fingerprint density at radius 3 is 2.36 bits per heavy atom. The van der Waals surface area contributed by atoms with Gasteiger partial charge in [-0.1, -0.05) is 29.3 Å². The molecule has 0 spiro atoms. The highest BCUT2D eigenvalue weighted by molar-refractivity contribution is 6.30. The van der Waals surface area contributed by atoms with Crippen LogP contribution in [0.3, 0.4) is 0 Å². The number of amides is 1. The van der Waals surface area contributed by atoms with Crippen LogP contribution in [-0.2, 0) is 9.59 Å². The maximum absolute atomic E-state index is 12.9. The summed E-state index contributed by atoms with van der Waals surface area (Å²) in [7, 11) is 0. The van der Waals surface area contributed by atoms with Gasteiger partial charge < -0.3 is 5.32 Å². The normalized spacial score (nSPS) is 19.1. The molecule has 0 radical (unpaired) electrons. The molecule has 1 N–H and O–H groups in total. The standard InChI is InChI=1S/C21H22ClN3O3/c1-11-6-12(2)17(13(3)7-11)18-16(26)8-14(19(18)27)4-5-23-21(28)20-24-9-15(22)10-25-20/h6-7,9-10,14,18H,4-5,8H2,1-3H3,(H,23,28). The highest BCUT2D eigenvalue weighted by atomic mass is 35.5. The number of hydrogen-bond donors (Lipinski definition) is 1. The first-order chi connectivity index (χ1) is 13.3. The molecule has 0 saturated heterocycles. The van der Waals surface area contributed by atoms with E-state index in [1.165, 1.54) is 12.4 Å². The molecule has 28 heavy (non-hydrogen) atoms. The third kappa shape index (κ3) is 4.12. The van der Waals surface area contributed by atoms with Crippen LogP contribution in [0.2, 0.25) is 5.02 Å². The van der Waals surface area contributed by atoms with Crippen molar-refractivity contribution in [3.8, 4) is 0 Å². The predicted molar refractivity (Wildman–Crippen MR) is 106 cm³/mol. The van der Waals surface area contributed by atoms with E-state index in [-0.39, 0.29) is 36.3 Å². The van der Waals surface area contributed by atoms with E-state index in [1.807, 2.05) is 32.9 Å². The number of benzene rings is 1. The smallest absolute Gasteiger partial charge is 0.289 e. The molecule has 1 saturated carbocycles. The lowest BCUT2D eigenvalue weighted by Crippen LogP contribution is -2.28. The molecule has 1 aromatic carbocycles. The first-order valence-corrected chi connectivity index (χ1v) is 9.55. The van der Waals surface area contributed by atoms with Crippen LogP contribution in [0.4, 0.5) is 0 Å². The summed E-state index contributed by atoms with van der Waals surface area (Å²) < 4.78 is 0. The summed E-state index contributed by atoms with van der Waals surface area (Å²) in [5.41, 5.74) is 3.89. The zero-order valence-electron chi connectivity index (χ0n) is 16.1. The Hall–Kier alpha value is -2.60. The summed E-state index contributed by atoms with van der Waals surface area (Å²) in [4.78, 5) is 45.3. The van der Waals surface area contributed by atoms with Crippen LogP contribution in [-0.4, -0.2) is 34.0 Å². The van der Waals surface area contributed by atoms with Crippen LogP contribution in [0.1, 0.15) is 51.6 Å². The van der Waals surface area contributed by atoms with E-state index in [1.54, 1.807) is 0 Å². The number of aryl methyl sites for hydroxylation is 3. The van der Waals surface area contributed by atoms with Crippen molar-refractivity contribution in [1.82, 2.24) is 15.3 Å². The van der Waals surface area contributed by atoms with Gasteiger partial charge in [0.25, 0.3) is 5.91 Å². The number of aromatic nitrogens is 2. The number of Topliss-reactive ketones (excluding diaryl/α,β-unsaturated/α-hetero) is 2. The van der Waals surface area contributed by atoms with Crippen LogP contribution in [0.15, 0.2) is 24.5 Å². The molecule has 2 atom stereocenters. The molecule has 7 heteroatoms. The van der Waals surface area contributed by atoms with Gasteiger partial charge in [-0.3, -0.25) is 14.4 Å². The van der Waals surface area contributed by atoms with Crippen LogP contribution < -0.4 is 5.32 Å². The molecular weight excluding hydrogens is 378 g/mol. The van der Waals surface area contributed by atoms with E-state index in [9.17, 15) is 14.4 Å². The van der Waals surface area contributed by atoms with Gasteiger partial charge in [-0.05, 0) is 43.9 Å². The Bertz CT molecular complexity index is 917. The Morgan fingerprint density at radius 1 is 1.14 bits per heavy atom. The van der Waals surface area contributed by atoms with Crippen LogP contribution >= 0.6 is 11.6 Å². The van der Waals surface area contributed by atoms with Crippen LogP contribution in [0.25, 0.3) is 0 Å². The lowest BCUT2D eigenvalue weighted by Gasteiger charge is -2.16. The number of rotatable bonds is 5. The molecule has 2 aromatic rings. The van der Waals surface area contributed by atoms with Crippen molar-refractivity contribution >= 4 is 29.1 Å². The topological polar surface area (TPSA) is 89.0 Å². The maximum atomic E-state index is 12.9. The van der Waals surface area contributed by atoms with E-state index < -0.39 is 11.8 Å². The van der Waals surface area contributed by atoms with Gasteiger partial charge >= 0.3 is 0 Å². The minimum absolute atomic E-state index is 0.0157. The minimum atomic E-state index is -0.694. The number of carbonyl (C=O) groups excluding carboxylic acids is 3. The largest absolute Gasteiger partial charge is 0.349 e. The van der Waals surface area contributed by atoms with Crippen molar-refractivity contribution in [2.24, 2.45) is 5.92 Å². The fourth-order valence-corrected chi connectivity index (χ4v) is 4.02. The molecule has 1 aliphatic rings. The Balaban J connectivity index is 1.64. The van der Waals surface area contributed by atoms with E-state index in [4.69, 9.17) is 11.6 Å². The van der Waals surface area contributed by atoms with Crippen molar-refractivity contribution in [3.05, 3.63) is 57.6 Å². The first kappa shape index (κ1) is 20.1. The van der Waals surface area contributed by atoms with Crippen LogP contribution in [0, 0.1) is 26.7 Å². The zero-order chi connectivity index (χ0) is 20.4. The molecular formula is C21H22ClN3O3. The quantitative estimate of drug-likeness (QED) is 0.780. The molecule has 6 nitrogen and oxygen atoms in total. The fraction of sp³-hybridized carbons (Fsp3) is 0.381. The molecule has 1 fully saturated rings. The lowest BCUT2D eigenvalue weighted by molar-refractivity contribution is -0.124. The number of hydrogen-bond acceptors (Lipinski definition) is 5. The molecule has 1 heterocycles. The van der Waals surface area contributed by atoms with E-state index in [2.05, 4.69) is 15.3 Å². The van der Waals surface area contributed by atoms with Gasteiger partial charge in [-0.2, -0.15) is 0 Å². The van der Waals surface area contributed by atoms with Gasteiger partial charge in [0.2, 0.25) is 5.82 Å². The molecule has 3 rings (SSSR count). The molecule has 0 bridgehead atoms. The fourth-order valence-electron chi connectivity index (χ4n) is 3.92. The Labute approximate surface area is 168 Å². The number of nitrogens with zero attached hydrogens (tertiary/aromatic N) is 2. The van der Waals surface area contributed by atoms with E-state index >= 15 is 0 Å². The third-order valence-corrected chi connectivity index (χ3v) is 5.28. The zero-order valence-corrected chi connectivity index (χ0v) is 16.8. The second-order valence-electron chi connectivity index (χ2n) is 7.28. The maximum Gasteiger partial charge on any atom is 0.289 e. The van der Waals surface area contributed by atoms with Gasteiger partial charge in [0, 0.05) is 31.3 Å². The van der Waals surface area contributed by atoms with Gasteiger partial charge in [-0.25, -0.2) is 9.97 Å².